The van der Waals surface area contributed by atoms with Crippen molar-refractivity contribution in [2.24, 2.45) is 7.05 Å². The molecule has 3 heterocycles. The van der Waals surface area contributed by atoms with Crippen molar-refractivity contribution in [3.05, 3.63) is 53.4 Å². The summed E-state index contributed by atoms with van der Waals surface area (Å²) in [7, 11) is 2.01. The molecule has 2 aliphatic rings. The number of benzene rings is 1. The lowest BCUT2D eigenvalue weighted by molar-refractivity contribution is 0.00123. The van der Waals surface area contributed by atoms with Crippen LogP contribution in [0.25, 0.3) is 0 Å². The zero-order chi connectivity index (χ0) is 30.9. The highest BCUT2D eigenvalue weighted by Gasteiger charge is 2.41. The standard InChI is InChI=1S/C32H46FN7O3/c1-21(2)24-9-8-10-26(19-24)42-22(3)28-35-36-29(38(28)7)23-11-13-25(14-12-23)40-20-27(34-37-40)32(33)15-17-39(18-16-32)30(41)43-31(4,5)6/h8-10,19-23,25H,11-18H2,1-7H3. The molecular weight excluding hydrogens is 549 g/mol. The summed E-state index contributed by atoms with van der Waals surface area (Å²) in [6, 6.07) is 8.37. The molecule has 5 rings (SSSR count). The van der Waals surface area contributed by atoms with Gasteiger partial charge in [-0.15, -0.1) is 15.3 Å². The SMILES string of the molecule is CC(C)c1cccc(OC(C)c2nnc(C3CCC(n4cc(C5(F)CCN(C(=O)OC(C)(C)C)CC5)nn4)CC3)n2C)c1. The van der Waals surface area contributed by atoms with Crippen LogP contribution in [-0.2, 0) is 17.5 Å². The number of piperidine rings is 1. The van der Waals surface area contributed by atoms with Crippen LogP contribution in [0.4, 0.5) is 9.18 Å². The average Bonchev–Trinajstić information content (AvgIpc) is 3.61. The number of hydrogen-bond acceptors (Lipinski definition) is 7. The second-order valence-corrected chi connectivity index (χ2v) is 13.5. The lowest BCUT2D eigenvalue weighted by atomic mass is 9.85. The highest BCUT2D eigenvalue weighted by atomic mass is 19.1. The first-order valence-electron chi connectivity index (χ1n) is 15.6. The molecule has 1 saturated carbocycles. The topological polar surface area (TPSA) is 100 Å². The Labute approximate surface area is 253 Å². The number of carbonyl (C=O) groups excluding carboxylic acids is 1. The summed E-state index contributed by atoms with van der Waals surface area (Å²) in [6.07, 6.45) is 5.15. The van der Waals surface area contributed by atoms with Crippen molar-refractivity contribution in [3.8, 4) is 5.75 Å². The van der Waals surface area contributed by atoms with E-state index >= 15 is 4.39 Å². The third kappa shape index (κ3) is 7.02. The normalized spacial score (nSPS) is 21.6. The fraction of sp³-hybridized carbons (Fsp3) is 0.656. The predicted octanol–water partition coefficient (Wildman–Crippen LogP) is 6.76. The number of carbonyl (C=O) groups is 1. The van der Waals surface area contributed by atoms with Gasteiger partial charge in [0.05, 0.1) is 12.2 Å². The fourth-order valence-corrected chi connectivity index (χ4v) is 6.15. The van der Waals surface area contributed by atoms with E-state index in [4.69, 9.17) is 9.47 Å². The number of ether oxygens (including phenoxy) is 2. The molecule has 0 spiro atoms. The Morgan fingerprint density at radius 2 is 1.74 bits per heavy atom. The zero-order valence-corrected chi connectivity index (χ0v) is 26.6. The average molecular weight is 596 g/mol. The molecule has 1 unspecified atom stereocenters. The first kappa shape index (κ1) is 30.9. The molecule has 0 radical (unpaired) electrons. The first-order chi connectivity index (χ1) is 20.3. The van der Waals surface area contributed by atoms with Gasteiger partial charge >= 0.3 is 6.09 Å². The van der Waals surface area contributed by atoms with Gasteiger partial charge in [0.25, 0.3) is 0 Å². The van der Waals surface area contributed by atoms with Gasteiger partial charge in [-0.2, -0.15) is 0 Å². The monoisotopic (exact) mass is 595 g/mol. The number of alkyl halides is 1. The van der Waals surface area contributed by atoms with Crippen molar-refractivity contribution >= 4 is 6.09 Å². The third-order valence-electron chi connectivity index (χ3n) is 8.76. The molecule has 43 heavy (non-hydrogen) atoms. The van der Waals surface area contributed by atoms with Gasteiger partial charge < -0.3 is 18.9 Å². The number of nitrogens with zero attached hydrogens (tertiary/aromatic N) is 7. The number of hydrogen-bond donors (Lipinski definition) is 0. The van der Waals surface area contributed by atoms with Crippen LogP contribution >= 0.6 is 0 Å². The summed E-state index contributed by atoms with van der Waals surface area (Å²) < 4.78 is 31.5. The third-order valence-corrected chi connectivity index (χ3v) is 8.76. The quantitative estimate of drug-likeness (QED) is 0.297. The summed E-state index contributed by atoms with van der Waals surface area (Å²) in [5.74, 6) is 3.32. The van der Waals surface area contributed by atoms with Gasteiger partial charge in [-0.05, 0) is 77.0 Å². The van der Waals surface area contributed by atoms with E-state index in [1.165, 1.54) is 5.56 Å². The van der Waals surface area contributed by atoms with Crippen LogP contribution in [-0.4, -0.2) is 59.4 Å². The summed E-state index contributed by atoms with van der Waals surface area (Å²) in [4.78, 5) is 14.0. The van der Waals surface area contributed by atoms with Crippen molar-refractivity contribution in [1.82, 2.24) is 34.7 Å². The minimum Gasteiger partial charge on any atom is -0.483 e. The van der Waals surface area contributed by atoms with E-state index < -0.39 is 17.4 Å². The van der Waals surface area contributed by atoms with E-state index in [-0.39, 0.29) is 44.0 Å². The number of likely N-dealkylation sites (tertiary alicyclic amines) is 1. The van der Waals surface area contributed by atoms with Crippen LogP contribution in [0, 0.1) is 0 Å². The molecule has 1 aliphatic heterocycles. The van der Waals surface area contributed by atoms with E-state index in [2.05, 4.69) is 51.1 Å². The Morgan fingerprint density at radius 1 is 1.05 bits per heavy atom. The minimum absolute atomic E-state index is 0.158. The van der Waals surface area contributed by atoms with Crippen LogP contribution in [0.5, 0.6) is 5.75 Å². The number of aromatic nitrogens is 6. The lowest BCUT2D eigenvalue weighted by Gasteiger charge is -2.36. The van der Waals surface area contributed by atoms with E-state index in [1.807, 2.05) is 51.6 Å². The van der Waals surface area contributed by atoms with E-state index in [0.717, 1.165) is 43.1 Å². The van der Waals surface area contributed by atoms with Crippen LogP contribution in [0.15, 0.2) is 30.5 Å². The van der Waals surface area contributed by atoms with Gasteiger partial charge in [0.1, 0.15) is 22.9 Å². The van der Waals surface area contributed by atoms with Crippen LogP contribution < -0.4 is 4.74 Å². The zero-order valence-electron chi connectivity index (χ0n) is 26.6. The second kappa shape index (κ2) is 12.2. The largest absolute Gasteiger partial charge is 0.483 e. The summed E-state index contributed by atoms with van der Waals surface area (Å²) >= 11 is 0. The Kier molecular flexibility index (Phi) is 8.81. The molecule has 2 fully saturated rings. The van der Waals surface area contributed by atoms with Gasteiger partial charge in [-0.25, -0.2) is 13.9 Å². The number of halogens is 1. The van der Waals surface area contributed by atoms with E-state index in [0.29, 0.717) is 11.6 Å². The Balaban J connectivity index is 1.16. The molecule has 1 amide bonds. The van der Waals surface area contributed by atoms with Gasteiger partial charge in [-0.3, -0.25) is 0 Å². The van der Waals surface area contributed by atoms with Crippen LogP contribution in [0.3, 0.4) is 0 Å². The lowest BCUT2D eigenvalue weighted by Crippen LogP contribution is -2.45. The Morgan fingerprint density at radius 3 is 2.40 bits per heavy atom. The van der Waals surface area contributed by atoms with Gasteiger partial charge in [0, 0.05) is 38.9 Å². The molecule has 2 aromatic heterocycles. The molecule has 0 bridgehead atoms. The molecule has 1 aliphatic carbocycles. The Hall–Kier alpha value is -3.50. The molecule has 1 atom stereocenters. The first-order valence-corrected chi connectivity index (χ1v) is 15.6. The van der Waals surface area contributed by atoms with E-state index in [1.54, 1.807) is 11.1 Å². The van der Waals surface area contributed by atoms with Gasteiger partial charge in [-0.1, -0.05) is 31.2 Å². The van der Waals surface area contributed by atoms with E-state index in [9.17, 15) is 4.79 Å². The Bertz CT molecular complexity index is 1400. The molecule has 234 valence electrons. The van der Waals surface area contributed by atoms with Crippen LogP contribution in [0.1, 0.15) is 127 Å². The molecule has 10 nitrogen and oxygen atoms in total. The van der Waals surface area contributed by atoms with Crippen LogP contribution in [0.2, 0.25) is 0 Å². The summed E-state index contributed by atoms with van der Waals surface area (Å²) in [5, 5.41) is 17.7. The smallest absolute Gasteiger partial charge is 0.410 e. The van der Waals surface area contributed by atoms with Crippen molar-refractivity contribution in [2.45, 2.75) is 115 Å². The second-order valence-electron chi connectivity index (χ2n) is 13.5. The highest BCUT2D eigenvalue weighted by Crippen LogP contribution is 2.40. The molecule has 1 saturated heterocycles. The molecular formula is C32H46FN7O3. The summed E-state index contributed by atoms with van der Waals surface area (Å²) in [6.45, 7) is 12.4. The number of amides is 1. The van der Waals surface area contributed by atoms with Gasteiger partial charge in [0.15, 0.2) is 17.6 Å². The maximum atomic E-state index is 15.9. The molecule has 3 aromatic rings. The fourth-order valence-electron chi connectivity index (χ4n) is 6.15. The minimum atomic E-state index is -1.60. The molecule has 1 aromatic carbocycles. The van der Waals surface area contributed by atoms with Crippen molar-refractivity contribution in [3.63, 3.8) is 0 Å². The molecule has 0 N–H and O–H groups in total. The van der Waals surface area contributed by atoms with Gasteiger partial charge in [0.2, 0.25) is 0 Å². The van der Waals surface area contributed by atoms with Crippen molar-refractivity contribution in [1.29, 1.82) is 0 Å². The maximum Gasteiger partial charge on any atom is 0.410 e. The number of rotatable bonds is 7. The van der Waals surface area contributed by atoms with Crippen molar-refractivity contribution < 1.29 is 18.7 Å². The van der Waals surface area contributed by atoms with Crippen molar-refractivity contribution in [2.75, 3.05) is 13.1 Å². The summed E-state index contributed by atoms with van der Waals surface area (Å²) in [5.41, 5.74) is -0.586. The molecule has 11 heteroatoms. The highest BCUT2D eigenvalue weighted by molar-refractivity contribution is 5.68. The predicted molar refractivity (Wildman–Crippen MR) is 161 cm³/mol. The maximum absolute atomic E-state index is 15.9.